The van der Waals surface area contributed by atoms with Crippen LogP contribution in [-0.4, -0.2) is 0 Å². The number of benzene rings is 2. The molecule has 0 aliphatic carbocycles. The lowest BCUT2D eigenvalue weighted by Crippen LogP contribution is -2.11. The van der Waals surface area contributed by atoms with E-state index >= 15 is 0 Å². The van der Waals surface area contributed by atoms with Crippen molar-refractivity contribution in [1.82, 2.24) is 0 Å². The van der Waals surface area contributed by atoms with Gasteiger partial charge in [-0.3, -0.25) is 0 Å². The summed E-state index contributed by atoms with van der Waals surface area (Å²) in [5.74, 6) is -0.253. The van der Waals surface area contributed by atoms with Gasteiger partial charge in [-0.1, -0.05) is 36.4 Å². The molecule has 0 unspecified atom stereocenters. The van der Waals surface area contributed by atoms with Gasteiger partial charge >= 0.3 is 6.18 Å². The Hall–Kier alpha value is -2.17. The Morgan fingerprint density at radius 3 is 2.26 bits per heavy atom. The number of rotatable bonds is 3. The predicted octanol–water partition coefficient (Wildman–Crippen LogP) is 3.87. The Morgan fingerprint density at radius 1 is 0.947 bits per heavy atom. The van der Waals surface area contributed by atoms with Crippen molar-refractivity contribution in [1.29, 1.82) is 0 Å². The first-order valence-corrected chi connectivity index (χ1v) is 5.61. The van der Waals surface area contributed by atoms with Crippen molar-refractivity contribution in [3.63, 3.8) is 0 Å². The van der Waals surface area contributed by atoms with E-state index in [4.69, 9.17) is 10.5 Å². The summed E-state index contributed by atoms with van der Waals surface area (Å²) in [5, 5.41) is 0. The maximum atomic E-state index is 12.9. The first-order valence-electron chi connectivity index (χ1n) is 5.61. The number of halogens is 3. The van der Waals surface area contributed by atoms with E-state index in [1.54, 1.807) is 24.3 Å². The molecule has 0 aromatic heterocycles. The summed E-state index contributed by atoms with van der Waals surface area (Å²) in [6.07, 6.45) is -4.53. The van der Waals surface area contributed by atoms with Crippen molar-refractivity contribution in [3.8, 4) is 5.75 Å². The third kappa shape index (κ3) is 3.19. The zero-order valence-electron chi connectivity index (χ0n) is 9.95. The summed E-state index contributed by atoms with van der Waals surface area (Å²) in [4.78, 5) is 0. The molecule has 0 saturated carbocycles. The van der Waals surface area contributed by atoms with Gasteiger partial charge in [0.05, 0.1) is 0 Å². The average Bonchev–Trinajstić information content (AvgIpc) is 2.36. The Balaban J connectivity index is 2.24. The van der Waals surface area contributed by atoms with Crippen molar-refractivity contribution in [3.05, 3.63) is 59.7 Å². The summed E-state index contributed by atoms with van der Waals surface area (Å²) in [6, 6.07) is 12.9. The standard InChI is InChI=1S/C14H12F3NO/c15-14(16,17)13-11(18)7-4-8-12(13)19-9-10-5-2-1-3-6-10/h1-8H,9,18H2. The van der Waals surface area contributed by atoms with E-state index in [0.29, 0.717) is 0 Å². The minimum Gasteiger partial charge on any atom is -0.488 e. The number of alkyl halides is 3. The van der Waals surface area contributed by atoms with Crippen LogP contribution in [0.1, 0.15) is 11.1 Å². The molecule has 0 aliphatic rings. The summed E-state index contributed by atoms with van der Waals surface area (Å²) in [7, 11) is 0. The molecule has 0 spiro atoms. The van der Waals surface area contributed by atoms with E-state index in [9.17, 15) is 13.2 Å². The number of hydrogen-bond acceptors (Lipinski definition) is 2. The van der Waals surface area contributed by atoms with Gasteiger partial charge in [0.25, 0.3) is 0 Å². The topological polar surface area (TPSA) is 35.2 Å². The molecule has 0 atom stereocenters. The second-order valence-corrected chi connectivity index (χ2v) is 3.99. The highest BCUT2D eigenvalue weighted by Gasteiger charge is 2.36. The highest BCUT2D eigenvalue weighted by molar-refractivity contribution is 5.55. The number of nitrogens with two attached hydrogens (primary N) is 1. The summed E-state index contributed by atoms with van der Waals surface area (Å²) in [6.45, 7) is 0.0629. The molecule has 0 aliphatic heterocycles. The van der Waals surface area contributed by atoms with Gasteiger partial charge in [-0.2, -0.15) is 13.2 Å². The third-order valence-corrected chi connectivity index (χ3v) is 2.58. The molecule has 0 amide bonds. The summed E-state index contributed by atoms with van der Waals surface area (Å²) in [5.41, 5.74) is 4.91. The number of anilines is 1. The molecule has 2 rings (SSSR count). The lowest BCUT2D eigenvalue weighted by molar-refractivity contribution is -0.138. The number of ether oxygens (including phenoxy) is 1. The first kappa shape index (κ1) is 13.3. The molecule has 0 heterocycles. The van der Waals surface area contributed by atoms with Crippen molar-refractivity contribution in [2.45, 2.75) is 12.8 Å². The van der Waals surface area contributed by atoms with Crippen LogP contribution in [0.5, 0.6) is 5.75 Å². The largest absolute Gasteiger partial charge is 0.488 e. The highest BCUT2D eigenvalue weighted by Crippen LogP contribution is 2.40. The van der Waals surface area contributed by atoms with Crippen LogP contribution in [0.2, 0.25) is 0 Å². The molecule has 0 saturated heterocycles. The molecule has 0 radical (unpaired) electrons. The van der Waals surface area contributed by atoms with Crippen molar-refractivity contribution in [2.75, 3.05) is 5.73 Å². The van der Waals surface area contributed by atoms with E-state index in [0.717, 1.165) is 5.56 Å². The zero-order chi connectivity index (χ0) is 13.9. The maximum Gasteiger partial charge on any atom is 0.421 e. The molecule has 2 aromatic rings. The smallest absolute Gasteiger partial charge is 0.421 e. The molecule has 2 aromatic carbocycles. The van der Waals surface area contributed by atoms with Crippen LogP contribution >= 0.6 is 0 Å². The predicted molar refractivity (Wildman–Crippen MR) is 66.6 cm³/mol. The molecule has 5 heteroatoms. The Labute approximate surface area is 108 Å². The van der Waals surface area contributed by atoms with Crippen molar-refractivity contribution in [2.24, 2.45) is 0 Å². The van der Waals surface area contributed by atoms with Crippen LogP contribution in [-0.2, 0) is 12.8 Å². The van der Waals surface area contributed by atoms with Gasteiger partial charge in [0, 0.05) is 5.69 Å². The lowest BCUT2D eigenvalue weighted by atomic mass is 10.1. The van der Waals surface area contributed by atoms with Gasteiger partial charge in [-0.15, -0.1) is 0 Å². The van der Waals surface area contributed by atoms with E-state index in [1.807, 2.05) is 6.07 Å². The van der Waals surface area contributed by atoms with Gasteiger partial charge in [0.1, 0.15) is 17.9 Å². The molecule has 0 bridgehead atoms. The van der Waals surface area contributed by atoms with Crippen LogP contribution in [0.25, 0.3) is 0 Å². The van der Waals surface area contributed by atoms with Crippen LogP contribution < -0.4 is 10.5 Å². The minimum absolute atomic E-state index is 0.0629. The van der Waals surface area contributed by atoms with E-state index in [1.165, 1.54) is 18.2 Å². The highest BCUT2D eigenvalue weighted by atomic mass is 19.4. The van der Waals surface area contributed by atoms with Crippen LogP contribution in [0.15, 0.2) is 48.5 Å². The lowest BCUT2D eigenvalue weighted by Gasteiger charge is -2.15. The molecule has 100 valence electrons. The molecular weight excluding hydrogens is 255 g/mol. The molecular formula is C14H12F3NO. The average molecular weight is 267 g/mol. The maximum absolute atomic E-state index is 12.9. The van der Waals surface area contributed by atoms with Crippen LogP contribution in [0.3, 0.4) is 0 Å². The van der Waals surface area contributed by atoms with Crippen molar-refractivity contribution >= 4 is 5.69 Å². The number of nitrogen functional groups attached to an aromatic ring is 1. The van der Waals surface area contributed by atoms with Crippen molar-refractivity contribution < 1.29 is 17.9 Å². The van der Waals surface area contributed by atoms with Gasteiger partial charge in [0.15, 0.2) is 0 Å². The Kier molecular flexibility index (Phi) is 3.64. The second-order valence-electron chi connectivity index (χ2n) is 3.99. The molecule has 19 heavy (non-hydrogen) atoms. The Morgan fingerprint density at radius 2 is 1.63 bits per heavy atom. The quantitative estimate of drug-likeness (QED) is 0.857. The summed E-state index contributed by atoms with van der Waals surface area (Å²) < 4.78 is 43.9. The number of hydrogen-bond donors (Lipinski definition) is 1. The van der Waals surface area contributed by atoms with Gasteiger partial charge in [-0.05, 0) is 17.7 Å². The Bertz CT molecular complexity index is 552. The van der Waals surface area contributed by atoms with E-state index in [2.05, 4.69) is 0 Å². The van der Waals surface area contributed by atoms with Gasteiger partial charge in [-0.25, -0.2) is 0 Å². The fourth-order valence-corrected chi connectivity index (χ4v) is 1.71. The summed E-state index contributed by atoms with van der Waals surface area (Å²) >= 11 is 0. The minimum atomic E-state index is -4.53. The first-order chi connectivity index (χ1) is 8.98. The molecule has 2 nitrogen and oxygen atoms in total. The van der Waals surface area contributed by atoms with Crippen LogP contribution in [0.4, 0.5) is 18.9 Å². The fraction of sp³-hybridized carbons (Fsp3) is 0.143. The SMILES string of the molecule is Nc1cccc(OCc2ccccc2)c1C(F)(F)F. The monoisotopic (exact) mass is 267 g/mol. The van der Waals surface area contributed by atoms with E-state index < -0.39 is 11.7 Å². The zero-order valence-corrected chi connectivity index (χ0v) is 9.95. The molecule has 2 N–H and O–H groups in total. The normalized spacial score (nSPS) is 11.3. The van der Waals surface area contributed by atoms with Gasteiger partial charge < -0.3 is 10.5 Å². The molecule has 0 fully saturated rings. The van der Waals surface area contributed by atoms with Gasteiger partial charge in [0.2, 0.25) is 0 Å². The second kappa shape index (κ2) is 5.22. The third-order valence-electron chi connectivity index (χ3n) is 2.58. The van der Waals surface area contributed by atoms with E-state index in [-0.39, 0.29) is 18.0 Å². The fourth-order valence-electron chi connectivity index (χ4n) is 1.71. The van der Waals surface area contributed by atoms with Crippen LogP contribution in [0, 0.1) is 0 Å².